The molecule has 240 valence electrons. The lowest BCUT2D eigenvalue weighted by Gasteiger charge is -2.42. The fourth-order valence-electron chi connectivity index (χ4n) is 5.73. The molecule has 44 heavy (non-hydrogen) atoms. The molecule has 4 rings (SSSR count). The summed E-state index contributed by atoms with van der Waals surface area (Å²) in [4.78, 5) is 1.62. The van der Waals surface area contributed by atoms with Crippen LogP contribution in [0.1, 0.15) is 42.4 Å². The van der Waals surface area contributed by atoms with E-state index in [1.807, 2.05) is 4.90 Å². The Labute approximate surface area is 248 Å². The van der Waals surface area contributed by atoms with Gasteiger partial charge in [-0.15, -0.1) is 0 Å². The lowest BCUT2D eigenvalue weighted by Crippen LogP contribution is -2.56. The molecule has 0 saturated heterocycles. The molecule has 1 fully saturated rings. The van der Waals surface area contributed by atoms with Crippen molar-refractivity contribution in [3.05, 3.63) is 101 Å². The van der Waals surface area contributed by atoms with Crippen LogP contribution in [0.3, 0.4) is 0 Å². The molecule has 0 spiro atoms. The van der Waals surface area contributed by atoms with Crippen molar-refractivity contribution in [3.63, 3.8) is 0 Å². The van der Waals surface area contributed by atoms with Gasteiger partial charge in [0.15, 0.2) is 9.84 Å². The summed E-state index contributed by atoms with van der Waals surface area (Å²) in [6.07, 6.45) is -11.7. The smallest absolute Gasteiger partial charge is 0.349 e. The van der Waals surface area contributed by atoms with Crippen LogP contribution in [-0.2, 0) is 31.5 Å². The minimum absolute atomic E-state index is 0.0261. The lowest BCUT2D eigenvalue weighted by atomic mass is 9.79. The molecule has 3 aromatic rings. The van der Waals surface area contributed by atoms with Gasteiger partial charge in [-0.3, -0.25) is 0 Å². The number of sulfone groups is 1. The first-order valence-electron chi connectivity index (χ1n) is 13.4. The third-order valence-electron chi connectivity index (χ3n) is 8.24. The summed E-state index contributed by atoms with van der Waals surface area (Å²) in [6.45, 7) is -1.71. The van der Waals surface area contributed by atoms with Gasteiger partial charge in [0.2, 0.25) is 0 Å². The largest absolute Gasteiger partial charge is 0.430 e. The number of alkyl halides is 6. The summed E-state index contributed by atoms with van der Waals surface area (Å²) in [5.41, 5.74) is -7.68. The molecule has 0 heterocycles. The Morgan fingerprint density at radius 1 is 0.795 bits per heavy atom. The van der Waals surface area contributed by atoms with Crippen molar-refractivity contribution in [2.24, 2.45) is 0 Å². The summed E-state index contributed by atoms with van der Waals surface area (Å²) >= 11 is 0. The van der Waals surface area contributed by atoms with Gasteiger partial charge in [-0.25, -0.2) is 21.6 Å². The SMILES string of the molecule is CN(C)[C@H]1CC[C@@](c2ccc(C(OCc3c(F)cccc3F)(C(F)(F)F)C(F)(F)F)cc2)(S(=O)(=O)c2ccc(F)cc2)CC1. The highest BCUT2D eigenvalue weighted by atomic mass is 32.2. The van der Waals surface area contributed by atoms with E-state index in [1.54, 1.807) is 14.1 Å². The van der Waals surface area contributed by atoms with Gasteiger partial charge in [0.1, 0.15) is 22.2 Å². The first kappa shape index (κ1) is 33.8. The number of hydrogen-bond acceptors (Lipinski definition) is 4. The molecule has 14 heteroatoms. The molecule has 0 aliphatic heterocycles. The molecule has 0 aromatic heterocycles. The fraction of sp³-hybridized carbons (Fsp3) is 0.400. The molecule has 0 N–H and O–H groups in total. The molecule has 1 aliphatic carbocycles. The minimum atomic E-state index is -6.16. The average Bonchev–Trinajstić information content (AvgIpc) is 2.93. The van der Waals surface area contributed by atoms with Crippen LogP contribution in [0, 0.1) is 17.5 Å². The maximum atomic E-state index is 14.4. The van der Waals surface area contributed by atoms with Gasteiger partial charge in [-0.2, -0.15) is 26.3 Å². The third-order valence-corrected chi connectivity index (χ3v) is 10.8. The molecule has 3 aromatic carbocycles. The van der Waals surface area contributed by atoms with Crippen molar-refractivity contribution in [1.82, 2.24) is 4.90 Å². The van der Waals surface area contributed by atoms with Gasteiger partial charge in [-0.1, -0.05) is 30.3 Å². The van der Waals surface area contributed by atoms with Crippen molar-refractivity contribution in [2.75, 3.05) is 14.1 Å². The highest BCUT2D eigenvalue weighted by Gasteiger charge is 2.73. The summed E-state index contributed by atoms with van der Waals surface area (Å²) in [5, 5.41) is 0. The van der Waals surface area contributed by atoms with E-state index in [9.17, 15) is 47.9 Å². The molecule has 0 atom stereocenters. The van der Waals surface area contributed by atoms with E-state index in [0.717, 1.165) is 42.5 Å². The maximum absolute atomic E-state index is 14.4. The zero-order valence-electron chi connectivity index (χ0n) is 23.4. The van der Waals surface area contributed by atoms with Gasteiger partial charge < -0.3 is 9.64 Å². The zero-order valence-corrected chi connectivity index (χ0v) is 24.3. The lowest BCUT2D eigenvalue weighted by molar-refractivity contribution is -0.392. The van der Waals surface area contributed by atoms with Crippen LogP contribution in [0.4, 0.5) is 39.5 Å². The molecule has 0 amide bonds. The minimum Gasteiger partial charge on any atom is -0.349 e. The highest BCUT2D eigenvalue weighted by Crippen LogP contribution is 2.54. The van der Waals surface area contributed by atoms with Crippen molar-refractivity contribution in [1.29, 1.82) is 0 Å². The van der Waals surface area contributed by atoms with Gasteiger partial charge in [0.25, 0.3) is 5.60 Å². The van der Waals surface area contributed by atoms with Gasteiger partial charge in [-0.05, 0) is 81.7 Å². The Hall–Kier alpha value is -3.10. The van der Waals surface area contributed by atoms with E-state index in [0.29, 0.717) is 37.1 Å². The van der Waals surface area contributed by atoms with Gasteiger partial charge >= 0.3 is 12.4 Å². The first-order chi connectivity index (χ1) is 20.4. The van der Waals surface area contributed by atoms with Gasteiger partial charge in [0, 0.05) is 17.2 Å². The van der Waals surface area contributed by atoms with Crippen LogP contribution in [-0.4, -0.2) is 45.8 Å². The van der Waals surface area contributed by atoms with E-state index in [1.165, 1.54) is 0 Å². The Morgan fingerprint density at radius 3 is 1.75 bits per heavy atom. The molecule has 0 radical (unpaired) electrons. The highest BCUT2D eigenvalue weighted by molar-refractivity contribution is 7.92. The van der Waals surface area contributed by atoms with Crippen LogP contribution < -0.4 is 0 Å². The third kappa shape index (κ3) is 5.83. The Morgan fingerprint density at radius 2 is 1.30 bits per heavy atom. The molecule has 0 unspecified atom stereocenters. The maximum Gasteiger partial charge on any atom is 0.430 e. The summed E-state index contributed by atoms with van der Waals surface area (Å²) in [5.74, 6) is -3.51. The predicted molar refractivity (Wildman–Crippen MR) is 143 cm³/mol. The number of hydrogen-bond donors (Lipinski definition) is 0. The van der Waals surface area contributed by atoms with E-state index >= 15 is 0 Å². The molecule has 1 saturated carbocycles. The number of nitrogens with zero attached hydrogens (tertiary/aromatic N) is 1. The normalized spacial score (nSPS) is 20.2. The van der Waals surface area contributed by atoms with Crippen LogP contribution in [0.15, 0.2) is 71.6 Å². The number of halogens is 9. The first-order valence-corrected chi connectivity index (χ1v) is 14.8. The van der Waals surface area contributed by atoms with Gasteiger partial charge in [0.05, 0.1) is 11.5 Å². The van der Waals surface area contributed by atoms with E-state index in [4.69, 9.17) is 0 Å². The van der Waals surface area contributed by atoms with Crippen molar-refractivity contribution >= 4 is 9.84 Å². The molecular weight excluding hydrogens is 625 g/mol. The molecule has 1 aliphatic rings. The zero-order chi connectivity index (χ0) is 32.7. The average molecular weight is 654 g/mol. The second kappa shape index (κ2) is 12.0. The molecule has 4 nitrogen and oxygen atoms in total. The Balaban J connectivity index is 1.84. The van der Waals surface area contributed by atoms with E-state index in [-0.39, 0.29) is 29.3 Å². The second-order valence-corrected chi connectivity index (χ2v) is 13.1. The summed E-state index contributed by atoms with van der Waals surface area (Å²) < 4.78 is 159. The van der Waals surface area contributed by atoms with Crippen molar-refractivity contribution < 1.29 is 52.7 Å². The predicted octanol–water partition coefficient (Wildman–Crippen LogP) is 7.81. The molecular formula is C30H28F9NO3S. The van der Waals surface area contributed by atoms with Crippen LogP contribution >= 0.6 is 0 Å². The Kier molecular flexibility index (Phi) is 9.22. The van der Waals surface area contributed by atoms with Crippen LogP contribution in [0.5, 0.6) is 0 Å². The number of ether oxygens (including phenoxy) is 1. The second-order valence-electron chi connectivity index (χ2n) is 10.9. The fourth-order valence-corrected chi connectivity index (χ4v) is 7.90. The van der Waals surface area contributed by atoms with E-state index < -0.39 is 67.7 Å². The monoisotopic (exact) mass is 653 g/mol. The quantitative estimate of drug-likeness (QED) is 0.184. The van der Waals surface area contributed by atoms with Crippen LogP contribution in [0.2, 0.25) is 0 Å². The van der Waals surface area contributed by atoms with E-state index in [2.05, 4.69) is 4.74 Å². The number of benzene rings is 3. The summed E-state index contributed by atoms with van der Waals surface area (Å²) in [6, 6.07) is 8.80. The Bertz CT molecular complexity index is 1530. The molecule has 0 bridgehead atoms. The van der Waals surface area contributed by atoms with Crippen LogP contribution in [0.25, 0.3) is 0 Å². The van der Waals surface area contributed by atoms with Crippen molar-refractivity contribution in [3.8, 4) is 0 Å². The standard InChI is InChI=1S/C30H28F9NO3S/c1-40(2)22-14-16-27(17-15-22,44(41,42)23-12-10-21(31)11-13-23)19-6-8-20(9-7-19)28(29(34,35)36,30(37,38)39)43-18-24-25(32)4-3-5-26(24)33/h3-13,22H,14-18H2,1-2H3/t22-,27+. The number of rotatable bonds is 8. The topological polar surface area (TPSA) is 46.6 Å². The summed E-state index contributed by atoms with van der Waals surface area (Å²) in [7, 11) is -0.760. The van der Waals surface area contributed by atoms with Crippen molar-refractivity contribution in [2.45, 2.75) is 65.9 Å².